The summed E-state index contributed by atoms with van der Waals surface area (Å²) in [5, 5.41) is 0. The SMILES string of the molecule is CC(C)(C)c1ccc2c(c1)C1(c3ccccc3-c3ccc(-c4ccccc4N(c4cccc(-c5ccc6c(c5)-c5ccccc5C6(C)C)c4)c4ccccc4-c4cccc5c4-c4ccccc4C5(C)C)cc31)c1cc(C(C)(C)C)ccc1-2. The molecule has 0 unspecified atom stereocenters. The summed E-state index contributed by atoms with van der Waals surface area (Å²) in [7, 11) is 0. The minimum absolute atomic E-state index is 0.0390. The van der Waals surface area contributed by atoms with Crippen LogP contribution in [0.15, 0.2) is 237 Å². The lowest BCUT2D eigenvalue weighted by Gasteiger charge is -2.33. The summed E-state index contributed by atoms with van der Waals surface area (Å²) in [6.07, 6.45) is 0. The first-order valence-corrected chi connectivity index (χ1v) is 29.6. The van der Waals surface area contributed by atoms with Crippen molar-refractivity contribution in [1.82, 2.24) is 0 Å². The van der Waals surface area contributed by atoms with Gasteiger partial charge in [-0.25, -0.2) is 0 Å². The van der Waals surface area contributed by atoms with Crippen LogP contribution in [0.2, 0.25) is 0 Å². The van der Waals surface area contributed by atoms with Crippen LogP contribution in [0.4, 0.5) is 17.1 Å². The molecular formula is C81H69N. The van der Waals surface area contributed by atoms with E-state index in [0.717, 1.165) is 17.1 Å². The Morgan fingerprint density at radius 1 is 0.268 bits per heavy atom. The van der Waals surface area contributed by atoms with E-state index >= 15 is 0 Å². The number of hydrogen-bond acceptors (Lipinski definition) is 1. The van der Waals surface area contributed by atoms with Crippen LogP contribution in [-0.4, -0.2) is 0 Å². The largest absolute Gasteiger partial charge is 0.309 e. The van der Waals surface area contributed by atoms with Crippen molar-refractivity contribution in [2.75, 3.05) is 4.90 Å². The molecule has 0 aliphatic heterocycles. The van der Waals surface area contributed by atoms with Gasteiger partial charge in [0.05, 0.1) is 16.8 Å². The van der Waals surface area contributed by atoms with Gasteiger partial charge in [-0.3, -0.25) is 0 Å². The molecule has 11 aromatic rings. The van der Waals surface area contributed by atoms with E-state index in [4.69, 9.17) is 0 Å². The number of para-hydroxylation sites is 2. The molecule has 0 amide bonds. The van der Waals surface area contributed by atoms with E-state index in [0.29, 0.717) is 0 Å². The van der Waals surface area contributed by atoms with Gasteiger partial charge in [0.1, 0.15) is 0 Å². The van der Waals surface area contributed by atoms with E-state index in [1.807, 2.05) is 0 Å². The van der Waals surface area contributed by atoms with Gasteiger partial charge in [-0.1, -0.05) is 269 Å². The van der Waals surface area contributed by atoms with Gasteiger partial charge >= 0.3 is 0 Å². The Bertz CT molecular complexity index is 4420. The van der Waals surface area contributed by atoms with Crippen molar-refractivity contribution in [2.24, 2.45) is 0 Å². The predicted molar refractivity (Wildman–Crippen MR) is 346 cm³/mol. The second-order valence-corrected chi connectivity index (χ2v) is 26.8. The minimum Gasteiger partial charge on any atom is -0.309 e. The summed E-state index contributed by atoms with van der Waals surface area (Å²) in [4.78, 5) is 2.56. The third kappa shape index (κ3) is 7.11. The molecule has 15 rings (SSSR count). The van der Waals surface area contributed by atoms with Crippen LogP contribution < -0.4 is 4.90 Å². The minimum atomic E-state index is -0.534. The fraction of sp³-hybridized carbons (Fsp3) is 0.185. The summed E-state index contributed by atoms with van der Waals surface area (Å²) in [5.41, 5.74) is 33.9. The third-order valence-electron chi connectivity index (χ3n) is 19.4. The molecule has 1 nitrogen and oxygen atoms in total. The second-order valence-electron chi connectivity index (χ2n) is 26.8. The average molecular weight is 1060 g/mol. The van der Waals surface area contributed by atoms with Crippen LogP contribution in [0.1, 0.15) is 125 Å². The van der Waals surface area contributed by atoms with Crippen LogP contribution in [0.5, 0.6) is 0 Å². The molecule has 11 aromatic carbocycles. The first-order chi connectivity index (χ1) is 39.5. The standard InChI is InChI=1S/C81H69N/c1-77(2,3)53-39-42-60-61-43-40-54(78(4,5)6)49-73(61)81(72(60)48-53)69-33-18-12-26-57(69)59-41-37-52(47-71(59)81)56-25-14-19-35-74(56)82(55-24-21-23-50(45-55)51-38-44-68-65(46-51)58-27-11-16-31-66(58)79(68,7)8)75-36-20-15-28-62(75)63-30-22-34-70-76(63)64-29-13-17-32-67(64)80(70,9)10/h11-49H,1-10H3. The highest BCUT2D eigenvalue weighted by atomic mass is 15.1. The van der Waals surface area contributed by atoms with Crippen LogP contribution in [0.3, 0.4) is 0 Å². The number of nitrogens with zero attached hydrogens (tertiary/aromatic N) is 1. The predicted octanol–water partition coefficient (Wildman–Crippen LogP) is 21.7. The Balaban J connectivity index is 0.972. The van der Waals surface area contributed by atoms with Crippen LogP contribution >= 0.6 is 0 Å². The van der Waals surface area contributed by atoms with Gasteiger partial charge in [0.2, 0.25) is 0 Å². The molecule has 0 N–H and O–H groups in total. The Kier molecular flexibility index (Phi) is 10.8. The van der Waals surface area contributed by atoms with Gasteiger partial charge in [-0.15, -0.1) is 0 Å². The zero-order chi connectivity index (χ0) is 56.2. The molecule has 4 aliphatic rings. The Labute approximate surface area is 485 Å². The average Bonchev–Trinajstić information content (AvgIpc) is 1.60. The summed E-state index contributed by atoms with van der Waals surface area (Å²) in [5.74, 6) is 0. The van der Waals surface area contributed by atoms with Gasteiger partial charge in [0.25, 0.3) is 0 Å². The molecule has 0 radical (unpaired) electrons. The maximum Gasteiger partial charge on any atom is 0.0725 e. The van der Waals surface area contributed by atoms with Crippen LogP contribution in [-0.2, 0) is 27.1 Å². The topological polar surface area (TPSA) is 3.24 Å². The smallest absolute Gasteiger partial charge is 0.0725 e. The lowest BCUT2D eigenvalue weighted by molar-refractivity contribution is 0.586. The number of benzene rings is 11. The highest BCUT2D eigenvalue weighted by Gasteiger charge is 2.52. The van der Waals surface area contributed by atoms with E-state index in [1.54, 1.807) is 0 Å². The molecule has 398 valence electrons. The molecule has 1 heteroatoms. The molecule has 0 fully saturated rings. The van der Waals surface area contributed by atoms with E-state index in [2.05, 4.69) is 311 Å². The molecule has 0 saturated heterocycles. The molecule has 0 heterocycles. The molecule has 0 bridgehead atoms. The summed E-state index contributed by atoms with van der Waals surface area (Å²) in [6.45, 7) is 23.6. The van der Waals surface area contributed by atoms with Crippen molar-refractivity contribution >= 4 is 17.1 Å². The van der Waals surface area contributed by atoms with E-state index < -0.39 is 5.41 Å². The zero-order valence-corrected chi connectivity index (χ0v) is 49.0. The van der Waals surface area contributed by atoms with E-state index in [9.17, 15) is 0 Å². The molecule has 1 spiro atoms. The molecular weight excluding hydrogens is 987 g/mol. The van der Waals surface area contributed by atoms with Crippen LogP contribution in [0.25, 0.3) is 77.9 Å². The summed E-state index contributed by atoms with van der Waals surface area (Å²) < 4.78 is 0. The number of fused-ring (bicyclic) bond motifs is 16. The Morgan fingerprint density at radius 2 is 0.695 bits per heavy atom. The lowest BCUT2D eigenvalue weighted by Crippen LogP contribution is -2.27. The molecule has 0 saturated carbocycles. The van der Waals surface area contributed by atoms with Crippen LogP contribution in [0, 0.1) is 0 Å². The van der Waals surface area contributed by atoms with E-state index in [1.165, 1.54) is 134 Å². The van der Waals surface area contributed by atoms with Crippen molar-refractivity contribution in [2.45, 2.75) is 96.3 Å². The first kappa shape index (κ1) is 50.2. The zero-order valence-electron chi connectivity index (χ0n) is 49.0. The number of anilines is 3. The quantitative estimate of drug-likeness (QED) is 0.160. The third-order valence-corrected chi connectivity index (χ3v) is 19.4. The van der Waals surface area contributed by atoms with Gasteiger partial charge in [-0.05, 0) is 170 Å². The molecule has 4 aliphatic carbocycles. The number of hydrogen-bond donors (Lipinski definition) is 0. The fourth-order valence-corrected chi connectivity index (χ4v) is 15.2. The Morgan fingerprint density at radius 3 is 1.34 bits per heavy atom. The van der Waals surface area contributed by atoms with Crippen molar-refractivity contribution in [3.8, 4) is 77.9 Å². The maximum absolute atomic E-state index is 2.58. The van der Waals surface area contributed by atoms with Gasteiger partial charge < -0.3 is 4.90 Å². The van der Waals surface area contributed by atoms with Gasteiger partial charge in [0.15, 0.2) is 0 Å². The Hall–Kier alpha value is -8.78. The normalized spacial score (nSPS) is 15.0. The van der Waals surface area contributed by atoms with Crippen molar-refractivity contribution in [1.29, 1.82) is 0 Å². The highest BCUT2D eigenvalue weighted by molar-refractivity contribution is 6.02. The van der Waals surface area contributed by atoms with Crippen molar-refractivity contribution in [3.63, 3.8) is 0 Å². The van der Waals surface area contributed by atoms with Gasteiger partial charge in [-0.2, -0.15) is 0 Å². The highest BCUT2D eigenvalue weighted by Crippen LogP contribution is 2.64. The molecule has 0 aromatic heterocycles. The molecule has 0 atom stereocenters. The fourth-order valence-electron chi connectivity index (χ4n) is 15.2. The maximum atomic E-state index is 2.58. The second kappa shape index (κ2) is 17.6. The first-order valence-electron chi connectivity index (χ1n) is 29.6. The monoisotopic (exact) mass is 1060 g/mol. The van der Waals surface area contributed by atoms with Crippen molar-refractivity contribution < 1.29 is 0 Å². The number of rotatable bonds is 6. The van der Waals surface area contributed by atoms with Crippen molar-refractivity contribution in [3.05, 3.63) is 292 Å². The van der Waals surface area contributed by atoms with Gasteiger partial charge in [0, 0.05) is 27.6 Å². The summed E-state index contributed by atoms with van der Waals surface area (Å²) >= 11 is 0. The van der Waals surface area contributed by atoms with E-state index in [-0.39, 0.29) is 21.7 Å². The lowest BCUT2D eigenvalue weighted by atomic mass is 9.68. The molecule has 82 heavy (non-hydrogen) atoms. The summed E-state index contributed by atoms with van der Waals surface area (Å²) in [6, 6.07) is 91.2.